The van der Waals surface area contributed by atoms with Crippen molar-refractivity contribution < 1.29 is 13.7 Å². The number of nitrogens with zero attached hydrogens (tertiary/aromatic N) is 6. The van der Waals surface area contributed by atoms with Gasteiger partial charge in [0.15, 0.2) is 5.65 Å². The van der Waals surface area contributed by atoms with Crippen LogP contribution in [0.3, 0.4) is 0 Å². The maximum Gasteiger partial charge on any atom is 0.292 e. The number of carbonyl (C=O) groups is 1. The highest BCUT2D eigenvalue weighted by Gasteiger charge is 2.24. The summed E-state index contributed by atoms with van der Waals surface area (Å²) < 4.78 is 22.0. The normalized spacial score (nSPS) is 11.8. The molecule has 1 aromatic carbocycles. The van der Waals surface area contributed by atoms with Crippen molar-refractivity contribution in [1.29, 1.82) is 0 Å². The Bertz CT molecular complexity index is 1560. The monoisotopic (exact) mass is 488 g/mol. The van der Waals surface area contributed by atoms with E-state index in [0.29, 0.717) is 34.0 Å². The number of hydrogen-bond acceptors (Lipinski definition) is 7. The van der Waals surface area contributed by atoms with Crippen molar-refractivity contribution in [2.24, 2.45) is 0 Å². The first-order valence-corrected chi connectivity index (χ1v) is 11.5. The second-order valence-corrected chi connectivity index (χ2v) is 9.39. The smallest absolute Gasteiger partial charge is 0.292 e. The molecule has 0 unspecified atom stereocenters. The molecule has 0 saturated carbocycles. The summed E-state index contributed by atoms with van der Waals surface area (Å²) in [5.41, 5.74) is 3.43. The van der Waals surface area contributed by atoms with Gasteiger partial charge in [-0.3, -0.25) is 9.48 Å². The number of rotatable bonds is 6. The fourth-order valence-electron chi connectivity index (χ4n) is 3.68. The van der Waals surface area contributed by atoms with Gasteiger partial charge in [0, 0.05) is 42.0 Å². The van der Waals surface area contributed by atoms with E-state index in [2.05, 4.69) is 35.5 Å². The maximum absolute atomic E-state index is 15.0. The lowest BCUT2D eigenvalue weighted by Gasteiger charge is -2.10. The Balaban J connectivity index is 1.36. The number of nitrogens with one attached hydrogen (secondary N) is 2. The molecular weight excluding hydrogens is 463 g/mol. The van der Waals surface area contributed by atoms with Crippen LogP contribution in [-0.4, -0.2) is 40.8 Å². The number of amides is 1. The van der Waals surface area contributed by atoms with Gasteiger partial charge in [0.05, 0.1) is 17.3 Å². The number of hydrogen-bond donors (Lipinski definition) is 2. The zero-order valence-electron chi connectivity index (χ0n) is 20.3. The highest BCUT2D eigenvalue weighted by atomic mass is 19.1. The van der Waals surface area contributed by atoms with Crippen LogP contribution in [0.2, 0.25) is 0 Å². The summed E-state index contributed by atoms with van der Waals surface area (Å²) >= 11 is 0. The highest BCUT2D eigenvalue weighted by molar-refractivity contribution is 5.91. The van der Waals surface area contributed by atoms with Gasteiger partial charge in [0.25, 0.3) is 11.7 Å². The average molecular weight is 489 g/mol. The Morgan fingerprint density at radius 3 is 2.72 bits per heavy atom. The number of pyridine rings is 1. The molecule has 10 nitrogen and oxygen atoms in total. The number of imidazole rings is 1. The van der Waals surface area contributed by atoms with Crippen LogP contribution in [-0.2, 0) is 18.5 Å². The van der Waals surface area contributed by atoms with Crippen molar-refractivity contribution in [2.45, 2.75) is 46.2 Å². The predicted octanol–water partition coefficient (Wildman–Crippen LogP) is 4.26. The third-order valence-corrected chi connectivity index (χ3v) is 5.70. The zero-order chi connectivity index (χ0) is 25.4. The molecule has 184 valence electrons. The molecule has 0 saturated heterocycles. The minimum absolute atomic E-state index is 0.0221. The van der Waals surface area contributed by atoms with Gasteiger partial charge in [0.2, 0.25) is 5.89 Å². The van der Waals surface area contributed by atoms with Gasteiger partial charge in [-0.15, -0.1) is 0 Å². The molecular formula is C25H25FN8O2. The first-order chi connectivity index (χ1) is 17.2. The molecule has 0 aliphatic heterocycles. The number of carbonyl (C=O) groups excluding carboxylic acids is 1. The Morgan fingerprint density at radius 2 is 2.03 bits per heavy atom. The van der Waals surface area contributed by atoms with Gasteiger partial charge in [-0.1, -0.05) is 38.1 Å². The van der Waals surface area contributed by atoms with Crippen molar-refractivity contribution in [2.75, 3.05) is 0 Å². The van der Waals surface area contributed by atoms with Crippen LogP contribution in [0.5, 0.6) is 0 Å². The second kappa shape index (κ2) is 8.99. The topological polar surface area (TPSA) is 127 Å². The quantitative estimate of drug-likeness (QED) is 0.366. The van der Waals surface area contributed by atoms with Gasteiger partial charge < -0.3 is 14.8 Å². The van der Waals surface area contributed by atoms with Crippen molar-refractivity contribution in [1.82, 2.24) is 40.2 Å². The third kappa shape index (κ3) is 4.47. The SMILES string of the molecule is CCn1cc(-c2nc3nccc(-c4ccc(CNC(=O)c5noc(C(C)(C)C)n5)c(F)c4)c3[nH]2)cn1. The largest absolute Gasteiger partial charge is 0.345 e. The van der Waals surface area contributed by atoms with E-state index < -0.39 is 11.7 Å². The molecule has 2 N–H and O–H groups in total. The highest BCUT2D eigenvalue weighted by Crippen LogP contribution is 2.29. The van der Waals surface area contributed by atoms with Crippen LogP contribution in [0.4, 0.5) is 4.39 Å². The van der Waals surface area contributed by atoms with E-state index in [1.54, 1.807) is 30.6 Å². The molecule has 0 aliphatic carbocycles. The van der Waals surface area contributed by atoms with Crippen molar-refractivity contribution >= 4 is 17.1 Å². The molecule has 36 heavy (non-hydrogen) atoms. The third-order valence-electron chi connectivity index (χ3n) is 5.70. The molecule has 0 atom stereocenters. The van der Waals surface area contributed by atoms with Gasteiger partial charge in [-0.25, -0.2) is 14.4 Å². The van der Waals surface area contributed by atoms with Crippen molar-refractivity contribution in [3.63, 3.8) is 0 Å². The molecule has 0 aliphatic rings. The number of halogens is 1. The number of fused-ring (bicyclic) bond motifs is 1. The van der Waals surface area contributed by atoms with E-state index in [1.165, 1.54) is 6.07 Å². The summed E-state index contributed by atoms with van der Waals surface area (Å²) in [5.74, 6) is -0.0839. The summed E-state index contributed by atoms with van der Waals surface area (Å²) in [6.45, 7) is 8.45. The lowest BCUT2D eigenvalue weighted by Crippen LogP contribution is -2.24. The lowest BCUT2D eigenvalue weighted by atomic mass is 9.97. The van der Waals surface area contributed by atoms with E-state index in [0.717, 1.165) is 17.7 Å². The molecule has 4 aromatic heterocycles. The number of aryl methyl sites for hydroxylation is 1. The zero-order valence-corrected chi connectivity index (χ0v) is 20.3. The van der Waals surface area contributed by atoms with Gasteiger partial charge in [-0.05, 0) is 24.6 Å². The van der Waals surface area contributed by atoms with Crippen LogP contribution >= 0.6 is 0 Å². The summed E-state index contributed by atoms with van der Waals surface area (Å²) in [6.07, 6.45) is 5.28. The number of H-pyrrole nitrogens is 1. The van der Waals surface area contributed by atoms with Crippen LogP contribution in [0, 0.1) is 5.82 Å². The standard InChI is InChI=1S/C25H25FN8O2/c1-5-34-13-16(12-29-34)20-30-19-17(8-9-27-21(19)31-20)14-6-7-15(18(26)10-14)11-28-23(35)22-32-24(36-33-22)25(2,3)4/h6-10,12-13H,5,11H2,1-4H3,(H,28,35)(H,27,30,31). The maximum atomic E-state index is 15.0. The second-order valence-electron chi connectivity index (χ2n) is 9.39. The average Bonchev–Trinajstić information content (AvgIpc) is 3.61. The van der Waals surface area contributed by atoms with E-state index in [9.17, 15) is 4.79 Å². The molecule has 0 bridgehead atoms. The Hall–Kier alpha value is -4.41. The van der Waals surface area contributed by atoms with E-state index in [1.807, 2.05) is 38.6 Å². The number of aromatic amines is 1. The Labute approximate surface area is 206 Å². The van der Waals surface area contributed by atoms with E-state index >= 15 is 4.39 Å². The molecule has 0 radical (unpaired) electrons. The lowest BCUT2D eigenvalue weighted by molar-refractivity contribution is 0.0937. The first-order valence-electron chi connectivity index (χ1n) is 11.5. The van der Waals surface area contributed by atoms with Crippen molar-refractivity contribution in [3.8, 4) is 22.5 Å². The van der Waals surface area contributed by atoms with Gasteiger partial charge in [0.1, 0.15) is 11.6 Å². The molecule has 5 rings (SSSR count). The van der Waals surface area contributed by atoms with Gasteiger partial charge in [-0.2, -0.15) is 10.1 Å². The molecule has 0 fully saturated rings. The molecule has 1 amide bonds. The fourth-order valence-corrected chi connectivity index (χ4v) is 3.68. The summed E-state index contributed by atoms with van der Waals surface area (Å²) in [7, 11) is 0. The molecule has 0 spiro atoms. The van der Waals surface area contributed by atoms with Crippen LogP contribution < -0.4 is 5.32 Å². The number of benzene rings is 1. The molecule has 5 aromatic rings. The first kappa shape index (κ1) is 23.3. The fraction of sp³-hybridized carbons (Fsp3) is 0.280. The number of aromatic nitrogens is 7. The van der Waals surface area contributed by atoms with E-state index in [4.69, 9.17) is 4.52 Å². The van der Waals surface area contributed by atoms with Crippen LogP contribution in [0.1, 0.15) is 49.8 Å². The molecule has 11 heteroatoms. The minimum atomic E-state index is -0.537. The van der Waals surface area contributed by atoms with Crippen molar-refractivity contribution in [3.05, 3.63) is 66.0 Å². The molecule has 4 heterocycles. The Morgan fingerprint density at radius 1 is 1.19 bits per heavy atom. The summed E-state index contributed by atoms with van der Waals surface area (Å²) in [4.78, 5) is 28.7. The van der Waals surface area contributed by atoms with Gasteiger partial charge >= 0.3 is 0 Å². The predicted molar refractivity (Wildman–Crippen MR) is 130 cm³/mol. The van der Waals surface area contributed by atoms with Crippen LogP contribution in [0.15, 0.2) is 47.4 Å². The van der Waals surface area contributed by atoms with Crippen LogP contribution in [0.25, 0.3) is 33.7 Å². The Kier molecular flexibility index (Phi) is 5.83. The minimum Gasteiger partial charge on any atom is -0.345 e. The summed E-state index contributed by atoms with van der Waals surface area (Å²) in [5, 5.41) is 10.6. The summed E-state index contributed by atoms with van der Waals surface area (Å²) in [6, 6.07) is 6.66. The van der Waals surface area contributed by atoms with E-state index in [-0.39, 0.29) is 17.8 Å².